The highest BCUT2D eigenvalue weighted by atomic mass is 35.5. The van der Waals surface area contributed by atoms with Crippen LogP contribution in [0.25, 0.3) is 0 Å². The Morgan fingerprint density at radius 1 is 1.26 bits per heavy atom. The molecule has 0 radical (unpaired) electrons. The van der Waals surface area contributed by atoms with Crippen LogP contribution in [0.3, 0.4) is 0 Å². The Hall–Kier alpha value is -2.12. The molecule has 1 spiro atoms. The van der Waals surface area contributed by atoms with E-state index >= 15 is 0 Å². The molecule has 120 valence electrons. The van der Waals surface area contributed by atoms with Gasteiger partial charge in [-0.25, -0.2) is 9.69 Å². The van der Waals surface area contributed by atoms with Gasteiger partial charge in [-0.05, 0) is 18.2 Å². The first kappa shape index (κ1) is 15.8. The summed E-state index contributed by atoms with van der Waals surface area (Å²) in [5, 5.41) is 4.44. The van der Waals surface area contributed by atoms with Gasteiger partial charge in [-0.3, -0.25) is 15.0 Å². The van der Waals surface area contributed by atoms with Crippen molar-refractivity contribution in [1.82, 2.24) is 5.43 Å². The first-order valence-electron chi connectivity index (χ1n) is 6.62. The number of imide groups is 1. The van der Waals surface area contributed by atoms with E-state index in [1.54, 1.807) is 0 Å². The number of benzene rings is 1. The van der Waals surface area contributed by atoms with E-state index in [1.165, 1.54) is 25.3 Å². The Labute approximate surface area is 141 Å². The highest BCUT2D eigenvalue weighted by Crippen LogP contribution is 2.36. The molecule has 0 aromatic heterocycles. The third kappa shape index (κ3) is 2.55. The number of methoxy groups -OCH3 is 1. The topological polar surface area (TPSA) is 88.1 Å². The van der Waals surface area contributed by atoms with E-state index in [-0.39, 0.29) is 24.2 Å². The predicted octanol–water partition coefficient (Wildman–Crippen LogP) is 1.52. The maximum absolute atomic E-state index is 12.8. The van der Waals surface area contributed by atoms with Crippen LogP contribution in [-0.4, -0.2) is 36.1 Å². The fourth-order valence-electron chi connectivity index (χ4n) is 2.67. The van der Waals surface area contributed by atoms with Gasteiger partial charge >= 0.3 is 5.97 Å². The SMILES string of the molecule is COC(=O)C1=NN[C@@]2(CC(=O)N(c3cc(Cl)cc(Cl)c3)C2=O)C1. The Balaban J connectivity index is 1.91. The smallest absolute Gasteiger partial charge is 0.354 e. The zero-order valence-electron chi connectivity index (χ0n) is 11.9. The summed E-state index contributed by atoms with van der Waals surface area (Å²) in [6.07, 6.45) is -0.144. The number of rotatable bonds is 2. The van der Waals surface area contributed by atoms with Gasteiger partial charge in [-0.15, -0.1) is 0 Å². The molecule has 0 saturated carbocycles. The van der Waals surface area contributed by atoms with Crippen molar-refractivity contribution in [3.63, 3.8) is 0 Å². The van der Waals surface area contributed by atoms with Crippen molar-refractivity contribution in [2.75, 3.05) is 12.0 Å². The normalized spacial score (nSPS) is 23.3. The van der Waals surface area contributed by atoms with Crippen LogP contribution in [0.1, 0.15) is 12.8 Å². The number of carbonyl (C=O) groups excluding carboxylic acids is 3. The maximum Gasteiger partial charge on any atom is 0.354 e. The van der Waals surface area contributed by atoms with Gasteiger partial charge in [0.1, 0.15) is 11.3 Å². The number of nitrogens with zero attached hydrogens (tertiary/aromatic N) is 2. The molecule has 1 atom stereocenters. The fraction of sp³-hybridized carbons (Fsp3) is 0.286. The van der Waals surface area contributed by atoms with Crippen molar-refractivity contribution in [3.8, 4) is 0 Å². The lowest BCUT2D eigenvalue weighted by Crippen LogP contribution is -2.47. The molecular formula is C14H11Cl2N3O4. The van der Waals surface area contributed by atoms with E-state index in [4.69, 9.17) is 23.2 Å². The van der Waals surface area contributed by atoms with Crippen LogP contribution >= 0.6 is 23.2 Å². The van der Waals surface area contributed by atoms with Crippen LogP contribution in [0.15, 0.2) is 23.3 Å². The van der Waals surface area contributed by atoms with Crippen molar-refractivity contribution in [3.05, 3.63) is 28.2 Å². The summed E-state index contributed by atoms with van der Waals surface area (Å²) in [5.41, 5.74) is 1.70. The van der Waals surface area contributed by atoms with Gasteiger partial charge in [-0.2, -0.15) is 5.10 Å². The van der Waals surface area contributed by atoms with Crippen LogP contribution < -0.4 is 10.3 Å². The molecule has 23 heavy (non-hydrogen) atoms. The molecule has 1 aromatic carbocycles. The lowest BCUT2D eigenvalue weighted by Gasteiger charge is -2.21. The maximum atomic E-state index is 12.8. The fourth-order valence-corrected chi connectivity index (χ4v) is 3.18. The summed E-state index contributed by atoms with van der Waals surface area (Å²) >= 11 is 11.9. The molecule has 0 unspecified atom stereocenters. The molecule has 7 nitrogen and oxygen atoms in total. The van der Waals surface area contributed by atoms with Crippen molar-refractivity contribution >= 4 is 52.4 Å². The van der Waals surface area contributed by atoms with Crippen LogP contribution in [-0.2, 0) is 19.1 Å². The molecule has 2 amide bonds. The van der Waals surface area contributed by atoms with Crippen LogP contribution in [0.2, 0.25) is 10.0 Å². The molecule has 3 rings (SSSR count). The van der Waals surface area contributed by atoms with Crippen molar-refractivity contribution in [1.29, 1.82) is 0 Å². The number of nitrogens with one attached hydrogen (secondary N) is 1. The van der Waals surface area contributed by atoms with Crippen molar-refractivity contribution in [2.24, 2.45) is 5.10 Å². The molecule has 2 aliphatic rings. The first-order valence-corrected chi connectivity index (χ1v) is 7.37. The van der Waals surface area contributed by atoms with E-state index in [1.807, 2.05) is 0 Å². The van der Waals surface area contributed by atoms with E-state index in [0.717, 1.165) is 4.90 Å². The lowest BCUT2D eigenvalue weighted by molar-refractivity contribution is -0.132. The summed E-state index contributed by atoms with van der Waals surface area (Å²) in [7, 11) is 1.22. The largest absolute Gasteiger partial charge is 0.464 e. The van der Waals surface area contributed by atoms with E-state index in [2.05, 4.69) is 15.3 Å². The van der Waals surface area contributed by atoms with E-state index in [0.29, 0.717) is 10.0 Å². The number of amides is 2. The molecule has 1 fully saturated rings. The summed E-state index contributed by atoms with van der Waals surface area (Å²) in [5.74, 6) is -1.58. The number of halogens is 2. The van der Waals surface area contributed by atoms with E-state index in [9.17, 15) is 14.4 Å². The highest BCUT2D eigenvalue weighted by Gasteiger charge is 2.56. The molecule has 1 aromatic rings. The predicted molar refractivity (Wildman–Crippen MR) is 83.5 cm³/mol. The average Bonchev–Trinajstić information content (AvgIpc) is 3.00. The summed E-state index contributed by atoms with van der Waals surface area (Å²) in [6, 6.07) is 4.44. The first-order chi connectivity index (χ1) is 10.9. The van der Waals surface area contributed by atoms with Gasteiger partial charge in [0, 0.05) is 16.5 Å². The minimum atomic E-state index is -1.27. The molecule has 0 aliphatic carbocycles. The molecule has 1 N–H and O–H groups in total. The van der Waals surface area contributed by atoms with Crippen molar-refractivity contribution in [2.45, 2.75) is 18.4 Å². The van der Waals surface area contributed by atoms with Crippen LogP contribution in [0, 0.1) is 0 Å². The number of carbonyl (C=O) groups is 3. The van der Waals surface area contributed by atoms with Gasteiger partial charge in [-0.1, -0.05) is 23.2 Å². The second-order valence-corrected chi connectivity index (χ2v) is 6.13. The third-order valence-electron chi connectivity index (χ3n) is 3.72. The quantitative estimate of drug-likeness (QED) is 0.641. The summed E-state index contributed by atoms with van der Waals surface area (Å²) in [6.45, 7) is 0. The van der Waals surface area contributed by atoms with Crippen LogP contribution in [0.4, 0.5) is 5.69 Å². The monoisotopic (exact) mass is 355 g/mol. The molecule has 9 heteroatoms. The number of hydrogen-bond donors (Lipinski definition) is 1. The minimum absolute atomic E-state index is 0.0188. The van der Waals surface area contributed by atoms with Gasteiger partial charge in [0.15, 0.2) is 0 Å². The number of anilines is 1. The number of ether oxygens (including phenoxy) is 1. The molecule has 2 aliphatic heterocycles. The second kappa shape index (κ2) is 5.50. The van der Waals surface area contributed by atoms with Crippen molar-refractivity contribution < 1.29 is 19.1 Å². The molecule has 0 bridgehead atoms. The molecular weight excluding hydrogens is 345 g/mol. The molecule has 2 heterocycles. The van der Waals surface area contributed by atoms with Crippen LogP contribution in [0.5, 0.6) is 0 Å². The van der Waals surface area contributed by atoms with Gasteiger partial charge in [0.25, 0.3) is 5.91 Å². The summed E-state index contributed by atoms with van der Waals surface area (Å²) < 4.78 is 4.59. The zero-order valence-corrected chi connectivity index (χ0v) is 13.4. The van der Waals surface area contributed by atoms with E-state index < -0.39 is 23.3 Å². The average molecular weight is 356 g/mol. The Morgan fingerprint density at radius 2 is 1.91 bits per heavy atom. The second-order valence-electron chi connectivity index (χ2n) is 5.26. The Morgan fingerprint density at radius 3 is 2.52 bits per heavy atom. The summed E-state index contributed by atoms with van der Waals surface area (Å²) in [4.78, 5) is 37.6. The van der Waals surface area contributed by atoms with Gasteiger partial charge in [0.05, 0.1) is 19.2 Å². The highest BCUT2D eigenvalue weighted by molar-refractivity contribution is 6.39. The number of esters is 1. The number of hydrazone groups is 1. The Kier molecular flexibility index (Phi) is 3.77. The number of hydrogen-bond acceptors (Lipinski definition) is 6. The molecule has 1 saturated heterocycles. The zero-order chi connectivity index (χ0) is 16.8. The Bertz CT molecular complexity index is 744. The third-order valence-corrected chi connectivity index (χ3v) is 4.15. The van der Waals surface area contributed by atoms with Gasteiger partial charge in [0.2, 0.25) is 5.91 Å². The lowest BCUT2D eigenvalue weighted by atomic mass is 9.93. The standard InChI is InChI=1S/C14H11Cl2N3O4/c1-23-12(21)10-5-14(18-17-10)6-11(20)19(13(14)22)9-3-7(15)2-8(16)4-9/h2-4,18H,5-6H2,1H3/t14-/m1/s1. The van der Waals surface area contributed by atoms with Gasteiger partial charge < -0.3 is 4.74 Å². The minimum Gasteiger partial charge on any atom is -0.464 e.